The topological polar surface area (TPSA) is 142 Å². The van der Waals surface area contributed by atoms with Crippen molar-refractivity contribution in [2.24, 2.45) is 5.16 Å². The molecule has 0 saturated heterocycles. The molecule has 10 nitrogen and oxygen atoms in total. The fourth-order valence-corrected chi connectivity index (χ4v) is 3.36. The molecule has 0 aliphatic heterocycles. The van der Waals surface area contributed by atoms with Crippen LogP contribution in [-0.2, 0) is 8.29 Å². The Morgan fingerprint density at radius 1 is 1.38 bits per heavy atom. The minimum absolute atomic E-state index is 0.0655. The van der Waals surface area contributed by atoms with Crippen LogP contribution in [0.15, 0.2) is 32.5 Å². The van der Waals surface area contributed by atoms with Crippen LogP contribution in [0.5, 0.6) is 0 Å². The molecule has 1 unspecified atom stereocenters. The molecule has 0 spiro atoms. The number of anilines is 2. The zero-order valence-electron chi connectivity index (χ0n) is 13.1. The zero-order chi connectivity index (χ0) is 19.2. The van der Waals surface area contributed by atoms with Crippen LogP contribution in [0.25, 0.3) is 0 Å². The number of halogens is 2. The van der Waals surface area contributed by atoms with Crippen LogP contribution in [-0.4, -0.2) is 58.6 Å². The van der Waals surface area contributed by atoms with E-state index in [9.17, 15) is 18.0 Å². The molecule has 0 amide bonds. The van der Waals surface area contributed by atoms with Gasteiger partial charge in [-0.15, -0.1) is 0 Å². The van der Waals surface area contributed by atoms with Crippen LogP contribution in [0, 0.1) is 5.82 Å². The Bertz CT molecular complexity index is 894. The van der Waals surface area contributed by atoms with Crippen LogP contribution >= 0.6 is 15.9 Å². The van der Waals surface area contributed by atoms with E-state index in [-0.39, 0.29) is 28.4 Å². The number of hydrogen-bond acceptors (Lipinski definition) is 8. The molecule has 1 heterocycles. The predicted octanol–water partition coefficient (Wildman–Crippen LogP) is 0.489. The van der Waals surface area contributed by atoms with Gasteiger partial charge >= 0.3 is 128 Å². The molecule has 1 aromatic carbocycles. The number of benzene rings is 1. The van der Waals surface area contributed by atoms with E-state index in [1.54, 1.807) is 0 Å². The minimum Gasteiger partial charge on any atom is -0.206 e. The van der Waals surface area contributed by atoms with Crippen LogP contribution in [0.1, 0.15) is 12.1 Å². The summed E-state index contributed by atoms with van der Waals surface area (Å²) >= 11 is 3.67. The van der Waals surface area contributed by atoms with E-state index in [4.69, 9.17) is 0 Å². The van der Waals surface area contributed by atoms with Crippen molar-refractivity contribution in [3.8, 4) is 0 Å². The van der Waals surface area contributed by atoms with E-state index in [2.05, 4.69) is 51.4 Å². The Labute approximate surface area is 164 Å². The third-order valence-corrected chi connectivity index (χ3v) is 5.21. The Morgan fingerprint density at radius 3 is 2.81 bits per heavy atom. The molecule has 0 bridgehead atoms. The Hall–Kier alpha value is -1.69. The van der Waals surface area contributed by atoms with Gasteiger partial charge in [0.05, 0.1) is 4.47 Å². The number of rotatable bonds is 8. The molecule has 0 saturated carbocycles. The smallest absolute Gasteiger partial charge is 0.206 e. The summed E-state index contributed by atoms with van der Waals surface area (Å²) in [7, 11) is -3.18. The standard InChI is InChI=1S/C12H15AsBrFN6O4S/c13-26(23,24)17-5-1-4-16-11-10(20-25-21-11)12(19-22)18-7-2-3-9(15)8(14)6-7/h2-3,6,17,22H,1,4-5,13H2,(H,16,21)(H,18,19). The molecule has 0 aliphatic carbocycles. The van der Waals surface area contributed by atoms with Crippen LogP contribution < -0.4 is 15.4 Å². The van der Waals surface area contributed by atoms with E-state index in [0.717, 1.165) is 0 Å². The average molecular weight is 513 g/mol. The van der Waals surface area contributed by atoms with Crippen molar-refractivity contribution in [1.29, 1.82) is 0 Å². The van der Waals surface area contributed by atoms with Gasteiger partial charge in [0.2, 0.25) is 0 Å². The van der Waals surface area contributed by atoms with Gasteiger partial charge in [-0.2, -0.15) is 0 Å². The van der Waals surface area contributed by atoms with Gasteiger partial charge in [0.25, 0.3) is 0 Å². The van der Waals surface area contributed by atoms with Crippen LogP contribution in [0.3, 0.4) is 0 Å². The van der Waals surface area contributed by atoms with Gasteiger partial charge < -0.3 is 0 Å². The number of nitrogens with zero attached hydrogens (tertiary/aromatic N) is 3. The van der Waals surface area contributed by atoms with Crippen molar-refractivity contribution in [1.82, 2.24) is 15.0 Å². The van der Waals surface area contributed by atoms with Crippen molar-refractivity contribution in [2.45, 2.75) is 6.42 Å². The average Bonchev–Trinajstić information content (AvgIpc) is 3.03. The third kappa shape index (κ3) is 6.23. The van der Waals surface area contributed by atoms with Crippen LogP contribution in [0.2, 0.25) is 0 Å². The SMILES string of the molecule is O=S(=O)([AsH2])NCCCNc1nonc1/C(=N/O)Nc1ccc(F)c(Br)c1. The van der Waals surface area contributed by atoms with E-state index in [1.165, 1.54) is 18.2 Å². The fourth-order valence-electron chi connectivity index (χ4n) is 1.81. The van der Waals surface area contributed by atoms with Gasteiger partial charge in [-0.25, -0.2) is 4.39 Å². The summed E-state index contributed by atoms with van der Waals surface area (Å²) in [6, 6.07) is 4.14. The quantitative estimate of drug-likeness (QED) is 0.0999. The van der Waals surface area contributed by atoms with Crippen LogP contribution in [0.4, 0.5) is 15.9 Å². The van der Waals surface area contributed by atoms with Gasteiger partial charge in [-0.1, -0.05) is 0 Å². The fraction of sp³-hybridized carbons (Fsp3) is 0.250. The minimum atomic E-state index is -3.18. The molecule has 1 aromatic heterocycles. The first-order valence-corrected chi connectivity index (χ1v) is 12.4. The van der Waals surface area contributed by atoms with Gasteiger partial charge in [-0.3, -0.25) is 0 Å². The summed E-state index contributed by atoms with van der Waals surface area (Å²) in [4.78, 5) is 0. The number of nitrogens with one attached hydrogen (secondary N) is 3. The van der Waals surface area contributed by atoms with Crippen molar-refractivity contribution >= 4 is 57.3 Å². The zero-order valence-corrected chi connectivity index (χ0v) is 17.9. The molecule has 2 aromatic rings. The first kappa shape index (κ1) is 20.6. The van der Waals surface area contributed by atoms with Gasteiger partial charge in [-0.05, 0) is 22.0 Å². The van der Waals surface area contributed by atoms with Gasteiger partial charge in [0, 0.05) is 0 Å². The van der Waals surface area contributed by atoms with Crippen molar-refractivity contribution < 1.29 is 22.6 Å². The molecule has 0 fully saturated rings. The maximum absolute atomic E-state index is 13.3. The Morgan fingerprint density at radius 2 is 2.15 bits per heavy atom. The normalized spacial score (nSPS) is 12.2. The summed E-state index contributed by atoms with van der Waals surface area (Å²) < 4.78 is 42.6. The summed E-state index contributed by atoms with van der Waals surface area (Å²) in [6.45, 7) is 0.633. The van der Waals surface area contributed by atoms with Crippen molar-refractivity contribution in [2.75, 3.05) is 23.7 Å². The second-order valence-electron chi connectivity index (χ2n) is 4.88. The molecule has 1 atom stereocenters. The molecule has 26 heavy (non-hydrogen) atoms. The molecule has 2 rings (SSSR count). The number of hydrogen-bond donors (Lipinski definition) is 4. The number of aromatic nitrogens is 2. The molecule has 0 aliphatic rings. The number of amidine groups is 1. The molecule has 142 valence electrons. The second kappa shape index (κ2) is 9.30. The first-order valence-electron chi connectivity index (χ1n) is 7.08. The van der Waals surface area contributed by atoms with Gasteiger partial charge in [0.1, 0.15) is 5.82 Å². The first-order chi connectivity index (χ1) is 12.3. The predicted molar refractivity (Wildman–Crippen MR) is 98.9 cm³/mol. The summed E-state index contributed by atoms with van der Waals surface area (Å²) in [5, 5.41) is 25.4. The van der Waals surface area contributed by atoms with E-state index in [1.807, 2.05) is 0 Å². The third-order valence-electron chi connectivity index (χ3n) is 2.94. The van der Waals surface area contributed by atoms with E-state index < -0.39 is 14.1 Å². The monoisotopic (exact) mass is 512 g/mol. The van der Waals surface area contributed by atoms with Crippen molar-refractivity contribution in [3.63, 3.8) is 0 Å². The Balaban J connectivity index is 1.99. The summed E-state index contributed by atoms with van der Waals surface area (Å²) in [6.07, 6.45) is 0.486. The summed E-state index contributed by atoms with van der Waals surface area (Å²) in [5.74, 6) is -0.299. The summed E-state index contributed by atoms with van der Waals surface area (Å²) in [5.41, 5.74) is 0.548. The van der Waals surface area contributed by atoms with E-state index >= 15 is 0 Å². The Kier molecular flexibility index (Phi) is 7.38. The maximum atomic E-state index is 13.3. The molecule has 4 N–H and O–H groups in total. The van der Waals surface area contributed by atoms with Crippen molar-refractivity contribution in [3.05, 3.63) is 34.2 Å². The molecule has 14 heteroatoms. The van der Waals surface area contributed by atoms with Gasteiger partial charge in [0.15, 0.2) is 0 Å². The molecular weight excluding hydrogens is 498 g/mol. The number of oxime groups is 1. The molecular formula is C12H15AsBrFN6O4S. The molecule has 0 radical (unpaired) electrons. The second-order valence-corrected chi connectivity index (χ2v) is 11.0. The van der Waals surface area contributed by atoms with E-state index in [0.29, 0.717) is 34.3 Å².